The molecule has 0 saturated heterocycles. The largest absolute Gasteiger partial charge is 0.492 e. The molecule has 2 amide bonds. The molecule has 0 aliphatic heterocycles. The van der Waals surface area contributed by atoms with Gasteiger partial charge in [-0.15, -0.1) is 0 Å². The number of hydrogen-bond acceptors (Lipinski definition) is 5. The standard InChI is InChI=1S/C21H24Cl2N2O5/c1-2-28-12-13-29-17-8-5-15(6-9-17)21(27)25-24-20(26)4-3-11-30-19-10-7-16(22)14-18(19)23/h5-10,14H,2-4,11-13H2,1H3,(H,24,26)(H,25,27). The van der Waals surface area contributed by atoms with Gasteiger partial charge < -0.3 is 14.2 Å². The molecule has 0 radical (unpaired) electrons. The van der Waals surface area contributed by atoms with Crippen LogP contribution in [0.1, 0.15) is 30.1 Å². The van der Waals surface area contributed by atoms with Gasteiger partial charge in [-0.05, 0) is 55.8 Å². The zero-order chi connectivity index (χ0) is 21.8. The van der Waals surface area contributed by atoms with E-state index < -0.39 is 5.91 Å². The van der Waals surface area contributed by atoms with E-state index in [2.05, 4.69) is 10.9 Å². The summed E-state index contributed by atoms with van der Waals surface area (Å²) in [5.74, 6) is 0.384. The minimum Gasteiger partial charge on any atom is -0.492 e. The van der Waals surface area contributed by atoms with Crippen LogP contribution in [0.5, 0.6) is 11.5 Å². The van der Waals surface area contributed by atoms with Crippen molar-refractivity contribution in [1.29, 1.82) is 0 Å². The first-order chi connectivity index (χ1) is 14.5. The molecule has 30 heavy (non-hydrogen) atoms. The van der Waals surface area contributed by atoms with E-state index in [0.717, 1.165) is 0 Å². The molecule has 0 aliphatic carbocycles. The highest BCUT2D eigenvalue weighted by atomic mass is 35.5. The summed E-state index contributed by atoms with van der Waals surface area (Å²) < 4.78 is 16.2. The molecule has 2 N–H and O–H groups in total. The SMILES string of the molecule is CCOCCOc1ccc(C(=O)NNC(=O)CCCOc2ccc(Cl)cc2Cl)cc1. The van der Waals surface area contributed by atoms with Gasteiger partial charge in [-0.1, -0.05) is 23.2 Å². The summed E-state index contributed by atoms with van der Waals surface area (Å²) in [5, 5.41) is 0.927. The maximum atomic E-state index is 12.1. The van der Waals surface area contributed by atoms with E-state index >= 15 is 0 Å². The van der Waals surface area contributed by atoms with Crippen molar-refractivity contribution in [2.24, 2.45) is 0 Å². The number of benzene rings is 2. The Bertz CT molecular complexity index is 831. The fourth-order valence-corrected chi connectivity index (χ4v) is 2.80. The quantitative estimate of drug-likeness (QED) is 0.395. The van der Waals surface area contributed by atoms with Gasteiger partial charge in [0.25, 0.3) is 5.91 Å². The third kappa shape index (κ3) is 8.49. The molecule has 0 saturated carbocycles. The Morgan fingerprint density at radius 1 is 0.933 bits per heavy atom. The van der Waals surface area contributed by atoms with Crippen LogP contribution in [0.4, 0.5) is 0 Å². The van der Waals surface area contributed by atoms with Crippen molar-refractivity contribution in [3.8, 4) is 11.5 Å². The van der Waals surface area contributed by atoms with Gasteiger partial charge in [-0.25, -0.2) is 0 Å². The fourth-order valence-electron chi connectivity index (χ4n) is 2.33. The lowest BCUT2D eigenvalue weighted by Gasteiger charge is -2.10. The summed E-state index contributed by atoms with van der Waals surface area (Å²) in [6, 6.07) is 11.5. The number of nitrogens with one attached hydrogen (secondary N) is 2. The molecule has 0 atom stereocenters. The van der Waals surface area contributed by atoms with E-state index in [9.17, 15) is 9.59 Å². The Labute approximate surface area is 185 Å². The zero-order valence-corrected chi connectivity index (χ0v) is 18.1. The molecule has 2 rings (SSSR count). The number of rotatable bonds is 11. The van der Waals surface area contributed by atoms with Crippen LogP contribution in [0.25, 0.3) is 0 Å². The summed E-state index contributed by atoms with van der Waals surface area (Å²) in [6.45, 7) is 3.79. The first kappa shape index (κ1) is 23.8. The van der Waals surface area contributed by atoms with Gasteiger partial charge in [0.15, 0.2) is 0 Å². The van der Waals surface area contributed by atoms with E-state index in [0.29, 0.717) is 60.0 Å². The minimum absolute atomic E-state index is 0.179. The van der Waals surface area contributed by atoms with Crippen LogP contribution in [0.2, 0.25) is 10.0 Å². The predicted octanol–water partition coefficient (Wildman–Crippen LogP) is 4.03. The maximum absolute atomic E-state index is 12.1. The number of amides is 2. The van der Waals surface area contributed by atoms with Gasteiger partial charge in [0.05, 0.1) is 18.2 Å². The number of hydrazine groups is 1. The Hall–Kier alpha value is -2.48. The summed E-state index contributed by atoms with van der Waals surface area (Å²) in [5.41, 5.74) is 5.15. The second-order valence-electron chi connectivity index (χ2n) is 6.10. The molecule has 0 aromatic heterocycles. The van der Waals surface area contributed by atoms with E-state index in [1.165, 1.54) is 0 Å². The van der Waals surface area contributed by atoms with Gasteiger partial charge in [-0.2, -0.15) is 0 Å². The first-order valence-corrected chi connectivity index (χ1v) is 10.2. The minimum atomic E-state index is -0.423. The Morgan fingerprint density at radius 2 is 1.70 bits per heavy atom. The molecular formula is C21H24Cl2N2O5. The average Bonchev–Trinajstić information content (AvgIpc) is 2.74. The molecule has 9 heteroatoms. The molecule has 0 heterocycles. The number of carbonyl (C=O) groups excluding carboxylic acids is 2. The lowest BCUT2D eigenvalue weighted by molar-refractivity contribution is -0.122. The lowest BCUT2D eigenvalue weighted by atomic mass is 10.2. The highest BCUT2D eigenvalue weighted by Crippen LogP contribution is 2.27. The molecule has 0 fully saturated rings. The van der Waals surface area contributed by atoms with E-state index in [4.69, 9.17) is 37.4 Å². The molecule has 0 unspecified atom stereocenters. The number of hydrogen-bond donors (Lipinski definition) is 2. The van der Waals surface area contributed by atoms with Gasteiger partial charge in [0.2, 0.25) is 5.91 Å². The van der Waals surface area contributed by atoms with Crippen LogP contribution in [0.15, 0.2) is 42.5 Å². The van der Waals surface area contributed by atoms with Crippen LogP contribution in [-0.2, 0) is 9.53 Å². The van der Waals surface area contributed by atoms with Crippen molar-refractivity contribution < 1.29 is 23.8 Å². The van der Waals surface area contributed by atoms with Crippen molar-refractivity contribution in [1.82, 2.24) is 10.9 Å². The maximum Gasteiger partial charge on any atom is 0.269 e. The van der Waals surface area contributed by atoms with Crippen molar-refractivity contribution in [2.45, 2.75) is 19.8 Å². The monoisotopic (exact) mass is 454 g/mol. The lowest BCUT2D eigenvalue weighted by Crippen LogP contribution is -2.41. The average molecular weight is 455 g/mol. The summed E-state index contributed by atoms with van der Waals surface area (Å²) in [6.07, 6.45) is 0.631. The molecule has 0 aliphatic rings. The molecule has 162 valence electrons. The Balaban J connectivity index is 1.64. The molecular weight excluding hydrogens is 431 g/mol. The number of carbonyl (C=O) groups is 2. The summed E-state index contributed by atoms with van der Waals surface area (Å²) >= 11 is 11.8. The van der Waals surface area contributed by atoms with Crippen LogP contribution in [0.3, 0.4) is 0 Å². The van der Waals surface area contributed by atoms with Gasteiger partial charge in [0, 0.05) is 23.6 Å². The topological polar surface area (TPSA) is 85.9 Å². The van der Waals surface area contributed by atoms with Crippen LogP contribution in [0, 0.1) is 0 Å². The fraction of sp³-hybridized carbons (Fsp3) is 0.333. The third-order valence-electron chi connectivity index (χ3n) is 3.83. The highest BCUT2D eigenvalue weighted by Gasteiger charge is 2.08. The van der Waals surface area contributed by atoms with E-state index in [1.807, 2.05) is 6.92 Å². The summed E-state index contributed by atoms with van der Waals surface area (Å²) in [7, 11) is 0. The van der Waals surface area contributed by atoms with Crippen LogP contribution in [-0.4, -0.2) is 38.2 Å². The van der Waals surface area contributed by atoms with Gasteiger partial charge in [0.1, 0.15) is 18.1 Å². The van der Waals surface area contributed by atoms with E-state index in [-0.39, 0.29) is 12.3 Å². The van der Waals surface area contributed by atoms with Gasteiger partial charge >= 0.3 is 0 Å². The third-order valence-corrected chi connectivity index (χ3v) is 4.36. The highest BCUT2D eigenvalue weighted by molar-refractivity contribution is 6.35. The Morgan fingerprint density at radius 3 is 2.40 bits per heavy atom. The van der Waals surface area contributed by atoms with Crippen molar-refractivity contribution in [3.05, 3.63) is 58.1 Å². The van der Waals surface area contributed by atoms with Gasteiger partial charge in [-0.3, -0.25) is 20.4 Å². The normalized spacial score (nSPS) is 10.4. The predicted molar refractivity (Wildman–Crippen MR) is 115 cm³/mol. The molecule has 2 aromatic rings. The van der Waals surface area contributed by atoms with E-state index in [1.54, 1.807) is 42.5 Å². The summed E-state index contributed by atoms with van der Waals surface area (Å²) in [4.78, 5) is 24.0. The molecule has 7 nitrogen and oxygen atoms in total. The van der Waals surface area contributed by atoms with Crippen LogP contribution >= 0.6 is 23.2 Å². The van der Waals surface area contributed by atoms with Crippen LogP contribution < -0.4 is 20.3 Å². The molecule has 0 bridgehead atoms. The van der Waals surface area contributed by atoms with Crippen molar-refractivity contribution in [2.75, 3.05) is 26.4 Å². The van der Waals surface area contributed by atoms with Crippen molar-refractivity contribution >= 4 is 35.0 Å². The molecule has 2 aromatic carbocycles. The smallest absolute Gasteiger partial charge is 0.269 e. The second kappa shape index (κ2) is 13.0. The number of ether oxygens (including phenoxy) is 3. The number of halogens is 2. The Kier molecular flexibility index (Phi) is 10.3. The van der Waals surface area contributed by atoms with Crippen molar-refractivity contribution in [3.63, 3.8) is 0 Å². The first-order valence-electron chi connectivity index (χ1n) is 9.47. The zero-order valence-electron chi connectivity index (χ0n) is 16.6. The second-order valence-corrected chi connectivity index (χ2v) is 6.94. The molecule has 0 spiro atoms.